The molecule has 3 rings (SSSR count). The van der Waals surface area contributed by atoms with Crippen molar-refractivity contribution in [2.45, 2.75) is 25.3 Å². The molecule has 0 aliphatic heterocycles. The fourth-order valence-electron chi connectivity index (χ4n) is 2.70. The van der Waals surface area contributed by atoms with E-state index in [9.17, 15) is 0 Å². The first kappa shape index (κ1) is 14.7. The number of nitrogens with one attached hydrogen (secondary N) is 1. The fourth-order valence-corrected chi connectivity index (χ4v) is 3.40. The normalized spacial score (nSPS) is 11.0. The Morgan fingerprint density at radius 1 is 1.18 bits per heavy atom. The Morgan fingerprint density at radius 2 is 1.95 bits per heavy atom. The topological polar surface area (TPSA) is 54.8 Å². The summed E-state index contributed by atoms with van der Waals surface area (Å²) in [7, 11) is 0. The van der Waals surface area contributed by atoms with Crippen LogP contribution in [-0.4, -0.2) is 9.73 Å². The number of nitrogens with two attached hydrogens (primary N) is 1. The van der Waals surface area contributed by atoms with Crippen molar-refractivity contribution in [2.24, 2.45) is 5.73 Å². The first-order valence-corrected chi connectivity index (χ1v) is 8.02. The van der Waals surface area contributed by atoms with Crippen LogP contribution in [0, 0.1) is 19.3 Å². The van der Waals surface area contributed by atoms with E-state index in [4.69, 9.17) is 11.1 Å². The third-order valence-corrected chi connectivity index (χ3v) is 4.58. The Balaban J connectivity index is 2.07. The SMILES string of the molecule is Cc1ccc(C)c(Cn2cc(SC(=N)N)c3ccccc32)c1. The molecule has 0 atom stereocenters. The minimum atomic E-state index is 0.120. The van der Waals surface area contributed by atoms with E-state index < -0.39 is 0 Å². The zero-order chi connectivity index (χ0) is 15.7. The molecule has 0 aliphatic rings. The maximum Gasteiger partial charge on any atom is 0.156 e. The number of benzene rings is 2. The molecule has 0 saturated heterocycles. The highest BCUT2D eigenvalue weighted by molar-refractivity contribution is 8.13. The van der Waals surface area contributed by atoms with Crippen LogP contribution >= 0.6 is 11.8 Å². The highest BCUT2D eigenvalue weighted by Gasteiger charge is 2.11. The van der Waals surface area contributed by atoms with Crippen molar-refractivity contribution in [3.05, 3.63) is 65.4 Å². The number of nitrogens with zero attached hydrogens (tertiary/aromatic N) is 1. The lowest BCUT2D eigenvalue weighted by Gasteiger charge is -2.09. The summed E-state index contributed by atoms with van der Waals surface area (Å²) in [5.74, 6) is 0. The predicted octanol–water partition coefficient (Wildman–Crippen LogP) is 4.29. The zero-order valence-corrected chi connectivity index (χ0v) is 13.6. The summed E-state index contributed by atoms with van der Waals surface area (Å²) in [5, 5.41) is 8.80. The van der Waals surface area contributed by atoms with Crippen molar-refractivity contribution < 1.29 is 0 Å². The van der Waals surface area contributed by atoms with Gasteiger partial charge >= 0.3 is 0 Å². The molecule has 0 amide bonds. The molecule has 3 nitrogen and oxygen atoms in total. The molecule has 0 aliphatic carbocycles. The molecular formula is C18H19N3S. The first-order chi connectivity index (χ1) is 10.5. The Morgan fingerprint density at radius 3 is 2.73 bits per heavy atom. The van der Waals surface area contributed by atoms with Gasteiger partial charge in [0.05, 0.1) is 0 Å². The number of thioether (sulfide) groups is 1. The van der Waals surface area contributed by atoms with Crippen LogP contribution < -0.4 is 5.73 Å². The fraction of sp³-hybridized carbons (Fsp3) is 0.167. The second kappa shape index (κ2) is 5.89. The second-order valence-electron chi connectivity index (χ2n) is 5.53. The summed E-state index contributed by atoms with van der Waals surface area (Å²) >= 11 is 1.31. The van der Waals surface area contributed by atoms with Crippen LogP contribution in [0.5, 0.6) is 0 Å². The predicted molar refractivity (Wildman–Crippen MR) is 94.7 cm³/mol. The highest BCUT2D eigenvalue weighted by atomic mass is 32.2. The van der Waals surface area contributed by atoms with Crippen molar-refractivity contribution >= 4 is 27.8 Å². The van der Waals surface area contributed by atoms with Gasteiger partial charge in [-0.05, 0) is 31.0 Å². The van der Waals surface area contributed by atoms with Gasteiger partial charge in [-0.15, -0.1) is 0 Å². The Labute approximate surface area is 134 Å². The summed E-state index contributed by atoms with van der Waals surface area (Å²) in [6.07, 6.45) is 2.10. The largest absolute Gasteiger partial charge is 0.378 e. The monoisotopic (exact) mass is 309 g/mol. The molecule has 0 saturated carbocycles. The van der Waals surface area contributed by atoms with Crippen molar-refractivity contribution in [1.82, 2.24) is 4.57 Å². The summed E-state index contributed by atoms with van der Waals surface area (Å²) in [6.45, 7) is 5.09. The molecule has 0 bridgehead atoms. The molecule has 1 heterocycles. The Kier molecular flexibility index (Phi) is 3.94. The summed E-state index contributed by atoms with van der Waals surface area (Å²) < 4.78 is 2.24. The van der Waals surface area contributed by atoms with Crippen LogP contribution in [0.25, 0.3) is 10.9 Å². The number of hydrogen-bond acceptors (Lipinski definition) is 2. The smallest absolute Gasteiger partial charge is 0.156 e. The number of hydrogen-bond donors (Lipinski definition) is 2. The molecule has 4 heteroatoms. The number of aryl methyl sites for hydroxylation is 2. The van der Waals surface area contributed by atoms with Crippen molar-refractivity contribution in [3.63, 3.8) is 0 Å². The van der Waals surface area contributed by atoms with E-state index in [2.05, 4.69) is 54.9 Å². The molecule has 22 heavy (non-hydrogen) atoms. The molecule has 2 aromatic carbocycles. The van der Waals surface area contributed by atoms with Crippen LogP contribution in [0.15, 0.2) is 53.6 Å². The number of aromatic nitrogens is 1. The second-order valence-corrected chi connectivity index (χ2v) is 6.62. The molecular weight excluding hydrogens is 290 g/mol. The molecule has 1 aromatic heterocycles. The quantitative estimate of drug-likeness (QED) is 0.431. The van der Waals surface area contributed by atoms with Gasteiger partial charge in [0.25, 0.3) is 0 Å². The van der Waals surface area contributed by atoms with Crippen molar-refractivity contribution in [1.29, 1.82) is 5.41 Å². The van der Waals surface area contributed by atoms with Crippen molar-refractivity contribution in [3.8, 4) is 0 Å². The molecule has 0 fully saturated rings. The highest BCUT2D eigenvalue weighted by Crippen LogP contribution is 2.30. The van der Waals surface area contributed by atoms with Crippen molar-refractivity contribution in [2.75, 3.05) is 0 Å². The maximum absolute atomic E-state index is 7.53. The minimum Gasteiger partial charge on any atom is -0.378 e. The summed E-state index contributed by atoms with van der Waals surface area (Å²) in [6, 6.07) is 14.8. The number of para-hydroxylation sites is 1. The van der Waals surface area contributed by atoms with E-state index in [1.165, 1.54) is 34.0 Å². The van der Waals surface area contributed by atoms with E-state index in [1.54, 1.807) is 0 Å². The van der Waals surface area contributed by atoms with E-state index in [1.807, 2.05) is 12.1 Å². The lowest BCUT2D eigenvalue weighted by atomic mass is 10.1. The number of amidine groups is 1. The Bertz CT molecular complexity index is 849. The van der Waals surface area contributed by atoms with Crippen LogP contribution in [0.2, 0.25) is 0 Å². The van der Waals surface area contributed by atoms with E-state index >= 15 is 0 Å². The summed E-state index contributed by atoms with van der Waals surface area (Å²) in [5.41, 5.74) is 10.6. The van der Waals surface area contributed by atoms with E-state index in [0.29, 0.717) is 0 Å². The van der Waals surface area contributed by atoms with Crippen LogP contribution in [-0.2, 0) is 6.54 Å². The summed E-state index contributed by atoms with van der Waals surface area (Å²) in [4.78, 5) is 1.04. The molecule has 112 valence electrons. The van der Waals surface area contributed by atoms with Gasteiger partial charge in [-0.25, -0.2) is 0 Å². The molecule has 3 N–H and O–H groups in total. The average Bonchev–Trinajstić information content (AvgIpc) is 2.81. The lowest BCUT2D eigenvalue weighted by molar-refractivity contribution is 0.823. The molecule has 0 spiro atoms. The molecule has 3 aromatic rings. The van der Waals surface area contributed by atoms with Gasteiger partial charge in [0.2, 0.25) is 0 Å². The minimum absolute atomic E-state index is 0.120. The van der Waals surface area contributed by atoms with Gasteiger partial charge in [0.15, 0.2) is 5.17 Å². The van der Waals surface area contributed by atoms with E-state index in [0.717, 1.165) is 16.8 Å². The Hall–Kier alpha value is -2.20. The molecule has 0 radical (unpaired) electrons. The van der Waals surface area contributed by atoms with E-state index in [-0.39, 0.29) is 5.17 Å². The first-order valence-electron chi connectivity index (χ1n) is 7.20. The molecule has 0 unspecified atom stereocenters. The average molecular weight is 309 g/mol. The van der Waals surface area contributed by atoms with Gasteiger partial charge in [0.1, 0.15) is 0 Å². The van der Waals surface area contributed by atoms with Gasteiger partial charge in [-0.3, -0.25) is 5.41 Å². The van der Waals surface area contributed by atoms with Crippen LogP contribution in [0.4, 0.5) is 0 Å². The van der Waals surface area contributed by atoms with Gasteiger partial charge in [-0.2, -0.15) is 0 Å². The number of rotatable bonds is 3. The maximum atomic E-state index is 7.53. The third-order valence-electron chi connectivity index (χ3n) is 3.82. The van der Waals surface area contributed by atoms with Crippen LogP contribution in [0.1, 0.15) is 16.7 Å². The van der Waals surface area contributed by atoms with Gasteiger partial charge in [0, 0.05) is 28.5 Å². The van der Waals surface area contributed by atoms with Gasteiger partial charge < -0.3 is 10.3 Å². The standard InChI is InChI=1S/C18H19N3S/c1-12-7-8-13(2)14(9-12)10-21-11-17(22-18(19)20)15-5-3-4-6-16(15)21/h3-9,11H,10H2,1-2H3,(H3,19,20). The van der Waals surface area contributed by atoms with Gasteiger partial charge in [-0.1, -0.05) is 53.7 Å². The third kappa shape index (κ3) is 2.88. The number of fused-ring (bicyclic) bond motifs is 1. The van der Waals surface area contributed by atoms with Crippen LogP contribution in [0.3, 0.4) is 0 Å². The zero-order valence-electron chi connectivity index (χ0n) is 12.8. The lowest BCUT2D eigenvalue weighted by Crippen LogP contribution is -2.03.